The molecule has 1 aromatic carbocycles. The van der Waals surface area contributed by atoms with Crippen LogP contribution in [0.15, 0.2) is 41.8 Å². The first-order valence-electron chi connectivity index (χ1n) is 5.53. The maximum atomic E-state index is 11.7. The van der Waals surface area contributed by atoms with Gasteiger partial charge in [0.2, 0.25) is 0 Å². The predicted molar refractivity (Wildman–Crippen MR) is 78.8 cm³/mol. The maximum Gasteiger partial charge on any atom is 0.267 e. The second-order valence-corrected chi connectivity index (χ2v) is 5.11. The van der Waals surface area contributed by atoms with Crippen molar-refractivity contribution in [3.05, 3.63) is 52.2 Å². The van der Waals surface area contributed by atoms with Gasteiger partial charge in [0.25, 0.3) is 5.91 Å². The normalized spacial score (nSPS) is 9.80. The fourth-order valence-electron chi connectivity index (χ4n) is 1.42. The van der Waals surface area contributed by atoms with E-state index in [1.165, 1.54) is 35.6 Å². The summed E-state index contributed by atoms with van der Waals surface area (Å²) in [5.74, 6) is -1.53. The molecule has 2 aromatic rings. The second-order valence-electron chi connectivity index (χ2n) is 3.75. The number of thiocarbonyl (C=S) groups is 1. The molecule has 1 aromatic heterocycles. The lowest BCUT2D eigenvalue weighted by Gasteiger charge is -2.09. The molecule has 20 heavy (non-hydrogen) atoms. The Kier molecular flexibility index (Phi) is 4.44. The van der Waals surface area contributed by atoms with Crippen LogP contribution in [0.5, 0.6) is 0 Å². The van der Waals surface area contributed by atoms with Crippen LogP contribution in [0.25, 0.3) is 0 Å². The average molecular weight is 305 g/mol. The zero-order chi connectivity index (χ0) is 14.5. The number of hydrogen-bond acceptors (Lipinski definition) is 5. The van der Waals surface area contributed by atoms with E-state index >= 15 is 0 Å². The van der Waals surface area contributed by atoms with E-state index in [-0.39, 0.29) is 16.6 Å². The van der Waals surface area contributed by atoms with Crippen molar-refractivity contribution in [3.63, 3.8) is 0 Å². The maximum absolute atomic E-state index is 11.7. The summed E-state index contributed by atoms with van der Waals surface area (Å²) in [5.41, 5.74) is 0.649. The number of rotatable bonds is 3. The van der Waals surface area contributed by atoms with E-state index in [0.717, 1.165) is 0 Å². The number of aromatic carboxylic acids is 1. The Hall–Kier alpha value is -2.25. The third-order valence-electron chi connectivity index (χ3n) is 2.35. The molecule has 5 nitrogen and oxygen atoms in total. The number of carbonyl (C=O) groups excluding carboxylic acids is 2. The van der Waals surface area contributed by atoms with Crippen LogP contribution in [0.3, 0.4) is 0 Å². The summed E-state index contributed by atoms with van der Waals surface area (Å²) in [6.07, 6.45) is 0. The van der Waals surface area contributed by atoms with Crippen molar-refractivity contribution in [3.8, 4) is 0 Å². The SMILES string of the molecule is O=C([O-])c1ccc(NC(=S)NC(=O)c2cccs2)cc1. The molecule has 0 aliphatic carbocycles. The molecule has 2 rings (SSSR count). The Morgan fingerprint density at radius 3 is 2.40 bits per heavy atom. The number of carboxylic acids is 1. The molecule has 0 aliphatic heterocycles. The fraction of sp³-hybridized carbons (Fsp3) is 0. The average Bonchev–Trinajstić information content (AvgIpc) is 2.93. The zero-order valence-corrected chi connectivity index (χ0v) is 11.7. The van der Waals surface area contributed by atoms with Crippen LogP contribution >= 0.6 is 23.6 Å². The molecule has 1 heterocycles. The molecule has 1 amide bonds. The van der Waals surface area contributed by atoms with Gasteiger partial charge in [0.15, 0.2) is 5.11 Å². The summed E-state index contributed by atoms with van der Waals surface area (Å²) in [4.78, 5) is 22.9. The lowest BCUT2D eigenvalue weighted by Crippen LogP contribution is -2.33. The number of anilines is 1. The highest BCUT2D eigenvalue weighted by Gasteiger charge is 2.08. The standard InChI is InChI=1S/C13H10N2O3S2/c16-11(10-2-1-7-20-10)15-13(19)14-9-5-3-8(4-6-9)12(17)18/h1-7H,(H,17,18)(H2,14,15,16,19)/p-1. The summed E-state index contributed by atoms with van der Waals surface area (Å²) in [6.45, 7) is 0. The smallest absolute Gasteiger partial charge is 0.267 e. The van der Waals surface area contributed by atoms with Crippen LogP contribution in [0.1, 0.15) is 20.0 Å². The highest BCUT2D eigenvalue weighted by atomic mass is 32.1. The Balaban J connectivity index is 1.94. The quantitative estimate of drug-likeness (QED) is 0.834. The Morgan fingerprint density at radius 1 is 1.15 bits per heavy atom. The van der Waals surface area contributed by atoms with Crippen molar-refractivity contribution < 1.29 is 14.7 Å². The predicted octanol–water partition coefficient (Wildman–Crippen LogP) is 1.24. The van der Waals surface area contributed by atoms with Gasteiger partial charge in [-0.1, -0.05) is 18.2 Å². The molecular formula is C13H9N2O3S2-. The Morgan fingerprint density at radius 2 is 1.85 bits per heavy atom. The van der Waals surface area contributed by atoms with E-state index in [1.54, 1.807) is 17.5 Å². The summed E-state index contributed by atoms with van der Waals surface area (Å²) < 4.78 is 0. The van der Waals surface area contributed by atoms with Crippen molar-refractivity contribution >= 4 is 46.2 Å². The van der Waals surface area contributed by atoms with E-state index in [4.69, 9.17) is 12.2 Å². The van der Waals surface area contributed by atoms with Crippen LogP contribution in [0, 0.1) is 0 Å². The molecule has 0 saturated heterocycles. The molecule has 102 valence electrons. The van der Waals surface area contributed by atoms with E-state index in [9.17, 15) is 14.7 Å². The highest BCUT2D eigenvalue weighted by molar-refractivity contribution is 7.80. The molecule has 0 unspecified atom stereocenters. The van der Waals surface area contributed by atoms with Crippen LogP contribution in [0.4, 0.5) is 5.69 Å². The summed E-state index contributed by atoms with van der Waals surface area (Å²) in [6, 6.07) is 9.32. The van der Waals surface area contributed by atoms with Gasteiger partial charge >= 0.3 is 0 Å². The van der Waals surface area contributed by atoms with E-state index in [0.29, 0.717) is 10.6 Å². The van der Waals surface area contributed by atoms with E-state index < -0.39 is 5.97 Å². The van der Waals surface area contributed by atoms with Gasteiger partial charge in [-0.05, 0) is 41.4 Å². The number of carbonyl (C=O) groups is 2. The van der Waals surface area contributed by atoms with Crippen LogP contribution in [-0.2, 0) is 0 Å². The number of nitrogens with one attached hydrogen (secondary N) is 2. The molecule has 0 bridgehead atoms. The van der Waals surface area contributed by atoms with Gasteiger partial charge in [-0.15, -0.1) is 11.3 Å². The molecule has 0 saturated carbocycles. The van der Waals surface area contributed by atoms with Crippen LogP contribution in [0.2, 0.25) is 0 Å². The third kappa shape index (κ3) is 3.62. The molecule has 0 spiro atoms. The van der Waals surface area contributed by atoms with Crippen molar-refractivity contribution in [2.75, 3.05) is 5.32 Å². The van der Waals surface area contributed by atoms with Gasteiger partial charge in [0, 0.05) is 5.69 Å². The largest absolute Gasteiger partial charge is 0.545 e. The van der Waals surface area contributed by atoms with Crippen LogP contribution in [-0.4, -0.2) is 17.0 Å². The summed E-state index contributed by atoms with van der Waals surface area (Å²) in [7, 11) is 0. The number of thiophene rings is 1. The lowest BCUT2D eigenvalue weighted by molar-refractivity contribution is -0.255. The monoisotopic (exact) mass is 305 g/mol. The van der Waals surface area contributed by atoms with Crippen molar-refractivity contribution in [1.29, 1.82) is 0 Å². The summed E-state index contributed by atoms with van der Waals surface area (Å²) in [5, 5.41) is 17.9. The first-order chi connectivity index (χ1) is 9.56. The Labute approximate surface area is 124 Å². The number of amides is 1. The van der Waals surface area contributed by atoms with Gasteiger partial charge < -0.3 is 15.2 Å². The van der Waals surface area contributed by atoms with Crippen molar-refractivity contribution in [2.45, 2.75) is 0 Å². The van der Waals surface area contributed by atoms with Crippen molar-refractivity contribution in [2.24, 2.45) is 0 Å². The number of hydrogen-bond donors (Lipinski definition) is 2. The lowest BCUT2D eigenvalue weighted by atomic mass is 10.2. The zero-order valence-electron chi connectivity index (χ0n) is 10.1. The van der Waals surface area contributed by atoms with Gasteiger partial charge in [-0.3, -0.25) is 10.1 Å². The minimum atomic E-state index is -1.25. The number of carboxylic acid groups (broad SMARTS) is 1. The molecule has 0 radical (unpaired) electrons. The highest BCUT2D eigenvalue weighted by Crippen LogP contribution is 2.10. The Bertz CT molecular complexity index is 636. The number of benzene rings is 1. The third-order valence-corrected chi connectivity index (χ3v) is 3.42. The fourth-order valence-corrected chi connectivity index (χ4v) is 2.25. The van der Waals surface area contributed by atoms with Gasteiger partial charge in [-0.2, -0.15) is 0 Å². The van der Waals surface area contributed by atoms with Gasteiger partial charge in [0.05, 0.1) is 10.8 Å². The van der Waals surface area contributed by atoms with Gasteiger partial charge in [-0.25, -0.2) is 0 Å². The molecule has 7 heteroatoms. The van der Waals surface area contributed by atoms with Gasteiger partial charge in [0.1, 0.15) is 0 Å². The van der Waals surface area contributed by atoms with Crippen molar-refractivity contribution in [1.82, 2.24) is 5.32 Å². The van der Waals surface area contributed by atoms with E-state index in [2.05, 4.69) is 10.6 Å². The summed E-state index contributed by atoms with van der Waals surface area (Å²) >= 11 is 6.32. The minimum Gasteiger partial charge on any atom is -0.545 e. The molecule has 0 atom stereocenters. The molecule has 2 N–H and O–H groups in total. The van der Waals surface area contributed by atoms with E-state index in [1.807, 2.05) is 0 Å². The topological polar surface area (TPSA) is 81.3 Å². The first kappa shape index (κ1) is 14.2. The molecular weight excluding hydrogens is 296 g/mol. The van der Waals surface area contributed by atoms with Crippen LogP contribution < -0.4 is 15.7 Å². The molecule has 0 aliphatic rings. The molecule has 0 fully saturated rings. The first-order valence-corrected chi connectivity index (χ1v) is 6.82. The minimum absolute atomic E-state index is 0.0732. The second kappa shape index (κ2) is 6.27.